The average Bonchev–Trinajstić information content (AvgIpc) is 2.47. The van der Waals surface area contributed by atoms with Gasteiger partial charge in [0.15, 0.2) is 0 Å². The van der Waals surface area contributed by atoms with Crippen LogP contribution in [0.1, 0.15) is 54.9 Å². The molecule has 0 aliphatic carbocycles. The molecule has 0 atom stereocenters. The quantitative estimate of drug-likeness (QED) is 0.236. The van der Waals surface area contributed by atoms with Gasteiger partial charge in [-0.05, 0) is 31.1 Å². The maximum atomic E-state index is 6.24. The molecule has 0 heterocycles. The van der Waals surface area contributed by atoms with E-state index in [1.807, 2.05) is 6.92 Å². The van der Waals surface area contributed by atoms with Crippen LogP contribution in [0.25, 0.3) is 0 Å². The summed E-state index contributed by atoms with van der Waals surface area (Å²) in [5.41, 5.74) is 1.04. The van der Waals surface area contributed by atoms with Gasteiger partial charge < -0.3 is 18.0 Å². The van der Waals surface area contributed by atoms with Crippen molar-refractivity contribution in [3.05, 3.63) is 12.2 Å². The molecule has 0 saturated carbocycles. The molecule has 0 aliphatic heterocycles. The number of hydrogen-bond donors (Lipinski definition) is 0. The standard InChI is InChI=1S/C19H40O4Si/c1-16(2)12-20-10-9-11-24(21-13-17(3)4,22-14-18(5)6)23-15-19(7)8/h17-19H,1,9-15H2,2-8H3. The van der Waals surface area contributed by atoms with Crippen LogP contribution in [0.2, 0.25) is 6.04 Å². The minimum Gasteiger partial charge on any atom is -0.377 e. The molecule has 0 aromatic rings. The predicted molar refractivity (Wildman–Crippen MR) is 103 cm³/mol. The van der Waals surface area contributed by atoms with Crippen molar-refractivity contribution >= 4 is 8.80 Å². The van der Waals surface area contributed by atoms with Crippen LogP contribution in [0.3, 0.4) is 0 Å². The summed E-state index contributed by atoms with van der Waals surface area (Å²) in [5.74, 6) is 1.38. The van der Waals surface area contributed by atoms with Gasteiger partial charge in [0.1, 0.15) is 0 Å². The Morgan fingerprint density at radius 1 is 0.833 bits per heavy atom. The maximum Gasteiger partial charge on any atom is 0.501 e. The monoisotopic (exact) mass is 360 g/mol. The first-order valence-electron chi connectivity index (χ1n) is 9.31. The van der Waals surface area contributed by atoms with Crippen molar-refractivity contribution in [3.63, 3.8) is 0 Å². The lowest BCUT2D eigenvalue weighted by atomic mass is 10.2. The second kappa shape index (κ2) is 13.1. The molecule has 0 aliphatic rings. The van der Waals surface area contributed by atoms with Gasteiger partial charge in [0.2, 0.25) is 0 Å². The summed E-state index contributed by atoms with van der Waals surface area (Å²) in [6.45, 7) is 22.1. The molecule has 144 valence electrons. The second-order valence-corrected chi connectivity index (χ2v) is 10.6. The summed E-state index contributed by atoms with van der Waals surface area (Å²) in [6, 6.07) is 0.801. The largest absolute Gasteiger partial charge is 0.501 e. The van der Waals surface area contributed by atoms with Crippen molar-refractivity contribution in [2.45, 2.75) is 60.9 Å². The molecule has 0 saturated heterocycles. The predicted octanol–water partition coefficient (Wildman–Crippen LogP) is 4.93. The van der Waals surface area contributed by atoms with Crippen LogP contribution >= 0.6 is 0 Å². The molecule has 0 rings (SSSR count). The lowest BCUT2D eigenvalue weighted by Crippen LogP contribution is -2.48. The van der Waals surface area contributed by atoms with Crippen molar-refractivity contribution < 1.29 is 18.0 Å². The molecule has 5 heteroatoms. The summed E-state index contributed by atoms with van der Waals surface area (Å²) in [4.78, 5) is 0. The fraction of sp³-hybridized carbons (Fsp3) is 0.895. The molecule has 4 nitrogen and oxygen atoms in total. The fourth-order valence-corrected chi connectivity index (χ4v) is 4.88. The Morgan fingerprint density at radius 3 is 1.58 bits per heavy atom. The highest BCUT2D eigenvalue weighted by Crippen LogP contribution is 2.21. The van der Waals surface area contributed by atoms with Gasteiger partial charge in [0.05, 0.1) is 6.61 Å². The van der Waals surface area contributed by atoms with Crippen LogP contribution in [-0.4, -0.2) is 41.8 Å². The van der Waals surface area contributed by atoms with Gasteiger partial charge in [0, 0.05) is 32.5 Å². The Hall–Kier alpha value is -0.203. The zero-order chi connectivity index (χ0) is 18.6. The van der Waals surface area contributed by atoms with E-state index < -0.39 is 8.80 Å². The van der Waals surface area contributed by atoms with E-state index in [0.29, 0.717) is 50.8 Å². The molecule has 0 spiro atoms. The van der Waals surface area contributed by atoms with E-state index in [1.54, 1.807) is 0 Å². The third-order valence-corrected chi connectivity index (χ3v) is 5.82. The lowest BCUT2D eigenvalue weighted by Gasteiger charge is -2.32. The summed E-state index contributed by atoms with van der Waals surface area (Å²) >= 11 is 0. The zero-order valence-corrected chi connectivity index (χ0v) is 18.0. The highest BCUT2D eigenvalue weighted by Gasteiger charge is 2.41. The smallest absolute Gasteiger partial charge is 0.377 e. The second-order valence-electron chi connectivity index (χ2n) is 7.91. The fourth-order valence-electron chi connectivity index (χ4n) is 1.86. The molecule has 0 radical (unpaired) electrons. The minimum absolute atomic E-state index is 0.460. The first kappa shape index (κ1) is 23.8. The third kappa shape index (κ3) is 13.1. The first-order valence-corrected chi connectivity index (χ1v) is 11.2. The highest BCUT2D eigenvalue weighted by molar-refractivity contribution is 6.60. The van der Waals surface area contributed by atoms with Crippen LogP contribution in [-0.2, 0) is 18.0 Å². The summed E-state index contributed by atoms with van der Waals surface area (Å²) in [5, 5.41) is 0. The van der Waals surface area contributed by atoms with E-state index in [1.165, 1.54) is 0 Å². The molecular formula is C19H40O4Si. The van der Waals surface area contributed by atoms with E-state index in [9.17, 15) is 0 Å². The Labute approximate surface area is 151 Å². The number of hydrogen-bond acceptors (Lipinski definition) is 4. The van der Waals surface area contributed by atoms with Gasteiger partial charge in [-0.1, -0.05) is 53.7 Å². The Kier molecular flexibility index (Phi) is 13.0. The average molecular weight is 361 g/mol. The first-order chi connectivity index (χ1) is 11.2. The third-order valence-electron chi connectivity index (χ3n) is 3.03. The van der Waals surface area contributed by atoms with Crippen molar-refractivity contribution in [1.82, 2.24) is 0 Å². The Balaban J connectivity index is 4.75. The minimum atomic E-state index is -2.66. The van der Waals surface area contributed by atoms with Gasteiger partial charge >= 0.3 is 8.80 Å². The Bertz CT molecular complexity index is 298. The van der Waals surface area contributed by atoms with Crippen molar-refractivity contribution in [1.29, 1.82) is 0 Å². The normalized spacial score (nSPS) is 12.6. The van der Waals surface area contributed by atoms with Crippen molar-refractivity contribution in [2.24, 2.45) is 17.8 Å². The van der Waals surface area contributed by atoms with Crippen LogP contribution in [0, 0.1) is 17.8 Å². The van der Waals surface area contributed by atoms with E-state index in [4.69, 9.17) is 18.0 Å². The molecule has 0 amide bonds. The summed E-state index contributed by atoms with van der Waals surface area (Å²) in [6.07, 6.45) is 0.883. The SMILES string of the molecule is C=C(C)COCCC[Si](OCC(C)C)(OCC(C)C)OCC(C)C. The van der Waals surface area contributed by atoms with Crippen LogP contribution in [0.4, 0.5) is 0 Å². The molecule has 0 aromatic carbocycles. The summed E-state index contributed by atoms with van der Waals surface area (Å²) < 4.78 is 24.3. The maximum absolute atomic E-state index is 6.24. The van der Waals surface area contributed by atoms with Crippen molar-refractivity contribution in [3.8, 4) is 0 Å². The zero-order valence-electron chi connectivity index (χ0n) is 17.0. The van der Waals surface area contributed by atoms with Crippen LogP contribution in [0.5, 0.6) is 0 Å². The van der Waals surface area contributed by atoms with E-state index >= 15 is 0 Å². The summed E-state index contributed by atoms with van der Waals surface area (Å²) in [7, 11) is -2.66. The van der Waals surface area contributed by atoms with E-state index in [-0.39, 0.29) is 0 Å². The Morgan fingerprint density at radius 2 is 1.25 bits per heavy atom. The van der Waals surface area contributed by atoms with Crippen molar-refractivity contribution in [2.75, 3.05) is 33.0 Å². The van der Waals surface area contributed by atoms with Gasteiger partial charge in [-0.15, -0.1) is 0 Å². The molecule has 24 heavy (non-hydrogen) atoms. The topological polar surface area (TPSA) is 36.9 Å². The molecular weight excluding hydrogens is 320 g/mol. The number of ether oxygens (including phenoxy) is 1. The molecule has 0 unspecified atom stereocenters. The van der Waals surface area contributed by atoms with Gasteiger partial charge in [-0.25, -0.2) is 0 Å². The molecule has 0 fully saturated rings. The molecule has 0 bridgehead atoms. The van der Waals surface area contributed by atoms with Gasteiger partial charge in [-0.2, -0.15) is 0 Å². The van der Waals surface area contributed by atoms with Crippen LogP contribution < -0.4 is 0 Å². The van der Waals surface area contributed by atoms with Gasteiger partial charge in [0.25, 0.3) is 0 Å². The lowest BCUT2D eigenvalue weighted by molar-refractivity contribution is 0.0342. The van der Waals surface area contributed by atoms with E-state index in [0.717, 1.165) is 18.0 Å². The highest BCUT2D eigenvalue weighted by atomic mass is 28.4. The number of rotatable bonds is 15. The molecule has 0 N–H and O–H groups in total. The van der Waals surface area contributed by atoms with E-state index in [2.05, 4.69) is 48.1 Å². The van der Waals surface area contributed by atoms with Gasteiger partial charge in [-0.3, -0.25) is 0 Å². The van der Waals surface area contributed by atoms with Crippen LogP contribution in [0.15, 0.2) is 12.2 Å². The molecule has 0 aromatic heterocycles.